The molecule has 5 N–H and O–H groups in total. The number of carbonyl (C=O) groups excluding carboxylic acids is 7. The van der Waals surface area contributed by atoms with Crippen LogP contribution in [0.1, 0.15) is 105 Å². The van der Waals surface area contributed by atoms with E-state index < -0.39 is 83.5 Å². The standard InChI is InChI=1S/C52H72N6O9/c1-33(2)28-39(47(61)57-44(35(5)6)50(64)66-32-38-24-17-12-18-25-38)53-46(60)41(30-36-20-13-10-14-21-36)54-48(62)43-26-19-27-58(43)49(63)42(31-37-22-15-11-16-23-37)55-45(59)40(29-34(3)4)56-51(65)67-52(7,8)9/h10-18,20-25,33-35,39-44H,19,26-32H2,1-9H3,(H,53,60)(H,54,62)(H,55,59)(H,56,65)(H,57,61)/t39-,40+,41-,42+,43-,44-/m0/s1. The molecule has 15 heteroatoms. The van der Waals surface area contributed by atoms with Gasteiger partial charge in [-0.1, -0.05) is 133 Å². The molecule has 1 fully saturated rings. The Hall–Kier alpha value is -6.25. The number of rotatable bonds is 22. The van der Waals surface area contributed by atoms with E-state index in [-0.39, 0.29) is 56.6 Å². The highest BCUT2D eigenvalue weighted by Crippen LogP contribution is 2.21. The molecule has 6 amide bonds. The Bertz CT molecular complexity index is 2090. The Morgan fingerprint density at radius 3 is 1.57 bits per heavy atom. The highest BCUT2D eigenvalue weighted by atomic mass is 16.6. The number of nitrogens with zero attached hydrogens (tertiary/aromatic N) is 1. The van der Waals surface area contributed by atoms with Crippen molar-refractivity contribution in [3.63, 3.8) is 0 Å². The number of hydrogen-bond donors (Lipinski definition) is 5. The first-order valence-electron chi connectivity index (χ1n) is 23.5. The second kappa shape index (κ2) is 25.6. The minimum Gasteiger partial charge on any atom is -0.459 e. The van der Waals surface area contributed by atoms with Crippen LogP contribution >= 0.6 is 0 Å². The van der Waals surface area contributed by atoms with Crippen LogP contribution in [-0.2, 0) is 57.7 Å². The lowest BCUT2D eigenvalue weighted by Gasteiger charge is -2.31. The van der Waals surface area contributed by atoms with Crippen molar-refractivity contribution in [1.29, 1.82) is 0 Å². The fourth-order valence-electron chi connectivity index (χ4n) is 7.85. The van der Waals surface area contributed by atoms with E-state index in [1.807, 2.05) is 119 Å². The van der Waals surface area contributed by atoms with Gasteiger partial charge in [0.1, 0.15) is 48.5 Å². The Morgan fingerprint density at radius 2 is 1.06 bits per heavy atom. The molecule has 15 nitrogen and oxygen atoms in total. The maximum Gasteiger partial charge on any atom is 0.408 e. The minimum atomic E-state index is -1.16. The smallest absolute Gasteiger partial charge is 0.408 e. The summed E-state index contributed by atoms with van der Waals surface area (Å²) in [5.41, 5.74) is 1.51. The number of ether oxygens (including phenoxy) is 2. The van der Waals surface area contributed by atoms with Crippen molar-refractivity contribution in [3.8, 4) is 0 Å². The first-order chi connectivity index (χ1) is 31.7. The zero-order valence-corrected chi connectivity index (χ0v) is 40.6. The molecule has 0 bridgehead atoms. The summed E-state index contributed by atoms with van der Waals surface area (Å²) in [5, 5.41) is 14.2. The normalized spacial score (nSPS) is 16.0. The molecule has 3 aromatic carbocycles. The summed E-state index contributed by atoms with van der Waals surface area (Å²) in [6.07, 6.45) is 0.716. The number of esters is 1. The summed E-state index contributed by atoms with van der Waals surface area (Å²) in [6, 6.07) is 21.2. The van der Waals surface area contributed by atoms with Crippen molar-refractivity contribution in [2.45, 2.75) is 149 Å². The molecule has 364 valence electrons. The minimum absolute atomic E-state index is 0.00242. The summed E-state index contributed by atoms with van der Waals surface area (Å²) >= 11 is 0. The van der Waals surface area contributed by atoms with Crippen LogP contribution in [0.4, 0.5) is 4.79 Å². The maximum atomic E-state index is 14.6. The van der Waals surface area contributed by atoms with Crippen molar-refractivity contribution in [3.05, 3.63) is 108 Å². The fourth-order valence-corrected chi connectivity index (χ4v) is 7.85. The Morgan fingerprint density at radius 1 is 0.597 bits per heavy atom. The molecule has 3 aromatic rings. The molecule has 4 rings (SSSR count). The van der Waals surface area contributed by atoms with E-state index in [4.69, 9.17) is 9.47 Å². The average molecular weight is 925 g/mol. The molecule has 1 heterocycles. The molecule has 6 atom stereocenters. The van der Waals surface area contributed by atoms with Crippen LogP contribution in [0, 0.1) is 17.8 Å². The number of nitrogens with one attached hydrogen (secondary N) is 5. The predicted molar refractivity (Wildman–Crippen MR) is 256 cm³/mol. The highest BCUT2D eigenvalue weighted by Gasteiger charge is 2.40. The second-order valence-corrected chi connectivity index (χ2v) is 19.5. The van der Waals surface area contributed by atoms with Gasteiger partial charge in [0, 0.05) is 19.4 Å². The van der Waals surface area contributed by atoms with Gasteiger partial charge in [-0.3, -0.25) is 24.0 Å². The van der Waals surface area contributed by atoms with Gasteiger partial charge >= 0.3 is 12.1 Å². The van der Waals surface area contributed by atoms with Gasteiger partial charge < -0.3 is 41.0 Å². The first-order valence-corrected chi connectivity index (χ1v) is 23.5. The summed E-state index contributed by atoms with van der Waals surface area (Å²) in [7, 11) is 0. The zero-order valence-electron chi connectivity index (χ0n) is 40.6. The summed E-state index contributed by atoms with van der Waals surface area (Å²) in [6.45, 7) is 16.6. The second-order valence-electron chi connectivity index (χ2n) is 19.5. The van der Waals surface area contributed by atoms with Gasteiger partial charge in [-0.2, -0.15) is 0 Å². The van der Waals surface area contributed by atoms with E-state index in [0.717, 1.165) is 16.7 Å². The number of amides is 6. The molecule has 1 aliphatic heterocycles. The van der Waals surface area contributed by atoms with Gasteiger partial charge in [0.25, 0.3) is 0 Å². The van der Waals surface area contributed by atoms with Crippen LogP contribution in [0.25, 0.3) is 0 Å². The van der Waals surface area contributed by atoms with Crippen LogP contribution in [0.3, 0.4) is 0 Å². The lowest BCUT2D eigenvalue weighted by atomic mass is 9.99. The number of hydrogen-bond acceptors (Lipinski definition) is 9. The van der Waals surface area contributed by atoms with Gasteiger partial charge in [0.15, 0.2) is 0 Å². The van der Waals surface area contributed by atoms with Crippen LogP contribution < -0.4 is 26.6 Å². The van der Waals surface area contributed by atoms with Gasteiger partial charge in [-0.05, 0) is 80.9 Å². The van der Waals surface area contributed by atoms with Gasteiger partial charge in [-0.25, -0.2) is 9.59 Å². The van der Waals surface area contributed by atoms with Gasteiger partial charge in [0.2, 0.25) is 29.5 Å². The largest absolute Gasteiger partial charge is 0.459 e. The van der Waals surface area contributed by atoms with E-state index in [0.29, 0.717) is 12.8 Å². The van der Waals surface area contributed by atoms with E-state index in [9.17, 15) is 33.6 Å². The molecule has 0 radical (unpaired) electrons. The molecule has 1 aliphatic rings. The zero-order chi connectivity index (χ0) is 49.3. The van der Waals surface area contributed by atoms with Crippen LogP contribution in [0.2, 0.25) is 0 Å². The Labute approximate surface area is 396 Å². The third-order valence-electron chi connectivity index (χ3n) is 11.1. The summed E-state index contributed by atoms with van der Waals surface area (Å²) in [4.78, 5) is 99.0. The monoisotopic (exact) mass is 925 g/mol. The van der Waals surface area contributed by atoms with Crippen molar-refractivity contribution in [2.24, 2.45) is 17.8 Å². The predicted octanol–water partition coefficient (Wildman–Crippen LogP) is 5.79. The van der Waals surface area contributed by atoms with Gasteiger partial charge in [-0.15, -0.1) is 0 Å². The van der Waals surface area contributed by atoms with E-state index in [1.165, 1.54) is 4.90 Å². The molecular weight excluding hydrogens is 853 g/mol. The number of carbonyl (C=O) groups is 7. The number of benzene rings is 3. The maximum absolute atomic E-state index is 14.6. The molecule has 67 heavy (non-hydrogen) atoms. The fraction of sp³-hybridized carbons (Fsp3) is 0.519. The first kappa shape index (κ1) is 53.4. The van der Waals surface area contributed by atoms with Crippen molar-refractivity contribution in [1.82, 2.24) is 31.5 Å². The molecule has 0 aliphatic carbocycles. The lowest BCUT2D eigenvalue weighted by molar-refractivity contribution is -0.150. The van der Waals surface area contributed by atoms with Crippen LogP contribution in [0.15, 0.2) is 91.0 Å². The van der Waals surface area contributed by atoms with Crippen LogP contribution in [-0.4, -0.2) is 94.9 Å². The quantitative estimate of drug-likeness (QED) is 0.0775. The van der Waals surface area contributed by atoms with E-state index >= 15 is 0 Å². The molecule has 0 spiro atoms. The number of likely N-dealkylation sites (tertiary alicyclic amines) is 1. The topological polar surface area (TPSA) is 201 Å². The summed E-state index contributed by atoms with van der Waals surface area (Å²) in [5.74, 6) is -3.80. The summed E-state index contributed by atoms with van der Waals surface area (Å²) < 4.78 is 11.0. The van der Waals surface area contributed by atoms with E-state index in [1.54, 1.807) is 34.6 Å². The molecule has 0 aromatic heterocycles. The molecule has 0 saturated carbocycles. The molecule has 0 unspecified atom stereocenters. The SMILES string of the molecule is CC(C)C[C@H](NC(=O)[C@H](Cc1ccccc1)NC(=O)[C@@H]1CCCN1C(=O)[C@@H](Cc1ccccc1)NC(=O)[C@@H](CC(C)C)NC(=O)OC(C)(C)C)C(=O)N[C@H](C(=O)OCc1ccccc1)C(C)C. The van der Waals surface area contributed by atoms with Crippen molar-refractivity contribution in [2.75, 3.05) is 6.54 Å². The van der Waals surface area contributed by atoms with Crippen molar-refractivity contribution >= 4 is 41.6 Å². The van der Waals surface area contributed by atoms with E-state index in [2.05, 4.69) is 26.6 Å². The van der Waals surface area contributed by atoms with Gasteiger partial charge in [0.05, 0.1) is 0 Å². The van der Waals surface area contributed by atoms with Crippen LogP contribution in [0.5, 0.6) is 0 Å². The van der Waals surface area contributed by atoms with Crippen molar-refractivity contribution < 1.29 is 43.0 Å². The molecular formula is C52H72N6O9. The lowest BCUT2D eigenvalue weighted by Crippen LogP contribution is -2.60. The Balaban J connectivity index is 1.56. The average Bonchev–Trinajstić information content (AvgIpc) is 3.76. The third kappa shape index (κ3) is 17.8. The molecule has 1 saturated heterocycles. The third-order valence-corrected chi connectivity index (χ3v) is 11.1. The highest BCUT2D eigenvalue weighted by molar-refractivity contribution is 5.97. The Kier molecular flexibility index (Phi) is 20.4. The number of alkyl carbamates (subject to hydrolysis) is 1.